The van der Waals surface area contributed by atoms with Crippen LogP contribution in [0.1, 0.15) is 52.4 Å². The van der Waals surface area contributed by atoms with E-state index in [9.17, 15) is 4.79 Å². The Morgan fingerprint density at radius 3 is 2.30 bits per heavy atom. The van der Waals surface area contributed by atoms with Gasteiger partial charge in [-0.15, -0.1) is 0 Å². The van der Waals surface area contributed by atoms with Crippen molar-refractivity contribution >= 4 is 5.97 Å². The second-order valence-corrected chi connectivity index (χ2v) is 7.30. The molecule has 20 heavy (non-hydrogen) atoms. The molecule has 0 aliphatic carbocycles. The fourth-order valence-corrected chi connectivity index (χ4v) is 4.82. The Labute approximate surface area is 122 Å². The van der Waals surface area contributed by atoms with Crippen molar-refractivity contribution in [3.05, 3.63) is 0 Å². The largest absolute Gasteiger partial charge is 0.481 e. The van der Waals surface area contributed by atoms with Crippen LogP contribution in [0.4, 0.5) is 0 Å². The van der Waals surface area contributed by atoms with E-state index < -0.39 is 5.97 Å². The highest BCUT2D eigenvalue weighted by molar-refractivity contribution is 5.67. The van der Waals surface area contributed by atoms with E-state index in [2.05, 4.69) is 23.6 Å². The fourth-order valence-electron chi connectivity index (χ4n) is 4.82. The van der Waals surface area contributed by atoms with E-state index in [1.165, 1.54) is 32.4 Å². The third-order valence-corrected chi connectivity index (χ3v) is 5.70. The van der Waals surface area contributed by atoms with E-state index >= 15 is 0 Å². The van der Waals surface area contributed by atoms with Gasteiger partial charge >= 0.3 is 5.97 Å². The summed E-state index contributed by atoms with van der Waals surface area (Å²) in [5, 5.41) is 9.01. The van der Waals surface area contributed by atoms with Crippen LogP contribution in [0.2, 0.25) is 0 Å². The molecule has 3 fully saturated rings. The van der Waals surface area contributed by atoms with Crippen LogP contribution in [0.15, 0.2) is 0 Å². The number of carbonyl (C=O) groups is 1. The molecular formula is C16H28N2O2. The number of carboxylic acid groups (broad SMARTS) is 1. The van der Waals surface area contributed by atoms with Crippen LogP contribution in [0.3, 0.4) is 0 Å². The smallest absolute Gasteiger partial charge is 0.303 e. The molecule has 3 aliphatic rings. The summed E-state index contributed by atoms with van der Waals surface area (Å²) in [6, 6.07) is 2.70. The van der Waals surface area contributed by atoms with E-state index in [0.717, 1.165) is 18.9 Å². The van der Waals surface area contributed by atoms with Gasteiger partial charge in [0, 0.05) is 43.7 Å². The van der Waals surface area contributed by atoms with Crippen molar-refractivity contribution in [2.45, 2.75) is 76.5 Å². The van der Waals surface area contributed by atoms with Crippen LogP contribution >= 0.6 is 0 Å². The highest BCUT2D eigenvalue weighted by Crippen LogP contribution is 2.42. The number of fused-ring (bicyclic) bond motifs is 2. The first-order chi connectivity index (χ1) is 9.54. The molecule has 2 bridgehead atoms. The monoisotopic (exact) mass is 280 g/mol. The number of nitrogens with zero attached hydrogens (tertiary/aromatic N) is 2. The predicted octanol–water partition coefficient (Wildman–Crippen LogP) is 2.19. The first-order valence-electron chi connectivity index (χ1n) is 8.28. The van der Waals surface area contributed by atoms with E-state index in [1.54, 1.807) is 0 Å². The number of aliphatic carboxylic acids is 1. The van der Waals surface area contributed by atoms with Crippen LogP contribution < -0.4 is 0 Å². The summed E-state index contributed by atoms with van der Waals surface area (Å²) >= 11 is 0. The molecule has 0 saturated carbocycles. The highest BCUT2D eigenvalue weighted by atomic mass is 16.4. The van der Waals surface area contributed by atoms with Crippen LogP contribution in [0, 0.1) is 5.92 Å². The van der Waals surface area contributed by atoms with Gasteiger partial charge in [-0.1, -0.05) is 0 Å². The van der Waals surface area contributed by atoms with Crippen molar-refractivity contribution < 1.29 is 9.90 Å². The van der Waals surface area contributed by atoms with Gasteiger partial charge in [-0.25, -0.2) is 0 Å². The van der Waals surface area contributed by atoms with Gasteiger partial charge in [0.2, 0.25) is 0 Å². The molecule has 3 rings (SSSR count). The van der Waals surface area contributed by atoms with Crippen molar-refractivity contribution in [1.82, 2.24) is 9.80 Å². The second-order valence-electron chi connectivity index (χ2n) is 7.30. The Morgan fingerprint density at radius 1 is 1.15 bits per heavy atom. The average Bonchev–Trinajstić information content (AvgIpc) is 2.92. The lowest BCUT2D eigenvalue weighted by atomic mass is 9.87. The molecule has 3 unspecified atom stereocenters. The van der Waals surface area contributed by atoms with E-state index in [-0.39, 0.29) is 0 Å². The molecule has 0 aromatic carbocycles. The van der Waals surface area contributed by atoms with Crippen molar-refractivity contribution in [3.63, 3.8) is 0 Å². The molecule has 4 nitrogen and oxygen atoms in total. The summed E-state index contributed by atoms with van der Waals surface area (Å²) in [4.78, 5) is 16.3. The number of hydrogen-bond acceptors (Lipinski definition) is 3. The van der Waals surface area contributed by atoms with Crippen LogP contribution in [-0.4, -0.2) is 58.1 Å². The molecular weight excluding hydrogens is 252 g/mol. The second kappa shape index (κ2) is 5.64. The van der Waals surface area contributed by atoms with Crippen molar-refractivity contribution in [2.24, 2.45) is 5.92 Å². The van der Waals surface area contributed by atoms with Crippen molar-refractivity contribution in [2.75, 3.05) is 13.1 Å². The molecule has 0 spiro atoms. The van der Waals surface area contributed by atoms with Gasteiger partial charge in [0.05, 0.1) is 0 Å². The summed E-state index contributed by atoms with van der Waals surface area (Å²) in [7, 11) is 0. The minimum Gasteiger partial charge on any atom is -0.481 e. The van der Waals surface area contributed by atoms with Crippen molar-refractivity contribution in [3.8, 4) is 0 Å². The third kappa shape index (κ3) is 2.73. The Bertz CT molecular complexity index is 357. The van der Waals surface area contributed by atoms with Crippen LogP contribution in [0.5, 0.6) is 0 Å². The quantitative estimate of drug-likeness (QED) is 0.857. The molecule has 0 aromatic heterocycles. The lowest BCUT2D eigenvalue weighted by Gasteiger charge is -2.42. The average molecular weight is 280 g/mol. The van der Waals surface area contributed by atoms with E-state index in [4.69, 9.17) is 5.11 Å². The lowest BCUT2D eigenvalue weighted by Crippen LogP contribution is -2.50. The number of hydrogen-bond donors (Lipinski definition) is 1. The summed E-state index contributed by atoms with van der Waals surface area (Å²) in [5.41, 5.74) is 0. The highest BCUT2D eigenvalue weighted by Gasteiger charge is 2.45. The van der Waals surface area contributed by atoms with Crippen LogP contribution in [-0.2, 0) is 4.79 Å². The van der Waals surface area contributed by atoms with Gasteiger partial charge in [0.1, 0.15) is 0 Å². The molecule has 3 aliphatic heterocycles. The third-order valence-electron chi connectivity index (χ3n) is 5.70. The Morgan fingerprint density at radius 2 is 1.80 bits per heavy atom. The molecule has 3 atom stereocenters. The Balaban J connectivity index is 1.61. The summed E-state index contributed by atoms with van der Waals surface area (Å²) < 4.78 is 0. The number of likely N-dealkylation sites (tertiary alicyclic amines) is 1. The minimum absolute atomic E-state index is 0.379. The first-order valence-corrected chi connectivity index (χ1v) is 8.28. The molecule has 0 amide bonds. The maximum Gasteiger partial charge on any atom is 0.303 e. The van der Waals surface area contributed by atoms with Gasteiger partial charge in [0.15, 0.2) is 0 Å². The zero-order valence-corrected chi connectivity index (χ0v) is 12.8. The molecule has 3 heterocycles. The van der Waals surface area contributed by atoms with Gasteiger partial charge in [-0.05, 0) is 51.9 Å². The zero-order chi connectivity index (χ0) is 14.3. The minimum atomic E-state index is -0.616. The summed E-state index contributed by atoms with van der Waals surface area (Å²) in [5.74, 6) is -0.196. The molecule has 1 N–H and O–H groups in total. The number of carboxylic acids is 1. The standard InChI is InChI=1S/C16H28N2O2/c1-11(2)17-6-5-15(10-17)18-13-3-4-14(18)8-12(7-13)9-16(19)20/h11-15H,3-10H2,1-2H3,(H,19,20). The first kappa shape index (κ1) is 14.3. The molecule has 3 saturated heterocycles. The van der Waals surface area contributed by atoms with Gasteiger partial charge in [-0.3, -0.25) is 14.6 Å². The van der Waals surface area contributed by atoms with Gasteiger partial charge in [0.25, 0.3) is 0 Å². The number of rotatable bonds is 4. The zero-order valence-electron chi connectivity index (χ0n) is 12.8. The van der Waals surface area contributed by atoms with Crippen molar-refractivity contribution in [1.29, 1.82) is 0 Å². The molecule has 114 valence electrons. The maximum atomic E-state index is 10.9. The molecule has 0 aromatic rings. The van der Waals surface area contributed by atoms with E-state index in [1.807, 2.05) is 0 Å². The fraction of sp³-hybridized carbons (Fsp3) is 0.938. The van der Waals surface area contributed by atoms with Crippen LogP contribution in [0.25, 0.3) is 0 Å². The van der Waals surface area contributed by atoms with Gasteiger partial charge < -0.3 is 5.11 Å². The molecule has 0 radical (unpaired) electrons. The topological polar surface area (TPSA) is 43.8 Å². The molecule has 4 heteroatoms. The normalized spacial score (nSPS) is 38.8. The Hall–Kier alpha value is -0.610. The maximum absolute atomic E-state index is 10.9. The predicted molar refractivity (Wildman–Crippen MR) is 78.7 cm³/mol. The van der Waals surface area contributed by atoms with Gasteiger partial charge in [-0.2, -0.15) is 0 Å². The van der Waals surface area contributed by atoms with E-state index in [0.29, 0.717) is 30.5 Å². The summed E-state index contributed by atoms with van der Waals surface area (Å²) in [6.07, 6.45) is 6.48. The SMILES string of the molecule is CC(C)N1CCC(N2C3CCC2CC(CC(=O)O)C3)C1. The number of piperidine rings is 1. The summed E-state index contributed by atoms with van der Waals surface area (Å²) in [6.45, 7) is 7.03. The lowest BCUT2D eigenvalue weighted by molar-refractivity contribution is -0.138. The Kier molecular flexibility index (Phi) is 4.04.